The smallest absolute Gasteiger partial charge is 0.119 e. The van der Waals surface area contributed by atoms with Crippen LogP contribution in [0.5, 0.6) is 5.75 Å². The number of halogens is 1. The second-order valence-electron chi connectivity index (χ2n) is 4.15. The standard InChI is InChI=1S/C13H19IO2/c1-10(2)9-16-13(8-14)11-5-4-6-12(7-11)15-3/h4-7,10,13H,8-9H2,1-3H3. The summed E-state index contributed by atoms with van der Waals surface area (Å²) in [6, 6.07) is 8.10. The van der Waals surface area contributed by atoms with Gasteiger partial charge in [0.05, 0.1) is 13.2 Å². The molecule has 0 amide bonds. The van der Waals surface area contributed by atoms with Crippen LogP contribution in [-0.2, 0) is 4.74 Å². The van der Waals surface area contributed by atoms with Crippen molar-refractivity contribution in [1.82, 2.24) is 0 Å². The van der Waals surface area contributed by atoms with Crippen LogP contribution in [0, 0.1) is 5.92 Å². The number of hydrogen-bond donors (Lipinski definition) is 0. The average Bonchev–Trinajstić information content (AvgIpc) is 2.30. The van der Waals surface area contributed by atoms with Crippen LogP contribution in [-0.4, -0.2) is 18.1 Å². The van der Waals surface area contributed by atoms with E-state index in [1.165, 1.54) is 5.56 Å². The van der Waals surface area contributed by atoms with Gasteiger partial charge in [-0.05, 0) is 23.6 Å². The van der Waals surface area contributed by atoms with E-state index in [-0.39, 0.29) is 6.10 Å². The lowest BCUT2D eigenvalue weighted by atomic mass is 10.1. The Morgan fingerprint density at radius 1 is 1.31 bits per heavy atom. The molecule has 0 saturated carbocycles. The van der Waals surface area contributed by atoms with Crippen molar-refractivity contribution in [1.29, 1.82) is 0 Å². The van der Waals surface area contributed by atoms with Crippen LogP contribution >= 0.6 is 22.6 Å². The molecule has 0 aromatic heterocycles. The molecule has 0 aliphatic heterocycles. The maximum atomic E-state index is 5.88. The van der Waals surface area contributed by atoms with Gasteiger partial charge in [-0.2, -0.15) is 0 Å². The largest absolute Gasteiger partial charge is 0.497 e. The molecule has 0 saturated heterocycles. The minimum atomic E-state index is 0.165. The minimum Gasteiger partial charge on any atom is -0.497 e. The van der Waals surface area contributed by atoms with E-state index in [4.69, 9.17) is 9.47 Å². The number of alkyl halides is 1. The summed E-state index contributed by atoms with van der Waals surface area (Å²) in [7, 11) is 1.69. The van der Waals surface area contributed by atoms with Crippen LogP contribution in [0.4, 0.5) is 0 Å². The van der Waals surface area contributed by atoms with E-state index in [1.54, 1.807) is 7.11 Å². The fourth-order valence-corrected chi connectivity index (χ4v) is 2.14. The second-order valence-corrected chi connectivity index (χ2v) is 5.03. The SMILES string of the molecule is COc1cccc(C(CI)OCC(C)C)c1. The van der Waals surface area contributed by atoms with Crippen LogP contribution in [0.1, 0.15) is 25.5 Å². The Balaban J connectivity index is 2.70. The highest BCUT2D eigenvalue weighted by atomic mass is 127. The average molecular weight is 334 g/mol. The van der Waals surface area contributed by atoms with Crippen molar-refractivity contribution in [2.75, 3.05) is 18.1 Å². The monoisotopic (exact) mass is 334 g/mol. The normalized spacial score (nSPS) is 12.8. The van der Waals surface area contributed by atoms with Crippen molar-refractivity contribution in [2.24, 2.45) is 5.92 Å². The van der Waals surface area contributed by atoms with Crippen LogP contribution in [0.2, 0.25) is 0 Å². The molecule has 0 heterocycles. The molecule has 0 fully saturated rings. The molecule has 0 radical (unpaired) electrons. The summed E-state index contributed by atoms with van der Waals surface area (Å²) < 4.78 is 12.0. The van der Waals surface area contributed by atoms with Crippen molar-refractivity contribution in [3.8, 4) is 5.75 Å². The van der Waals surface area contributed by atoms with Gasteiger partial charge in [0.15, 0.2) is 0 Å². The molecule has 90 valence electrons. The predicted molar refractivity (Wildman–Crippen MR) is 75.4 cm³/mol. The highest BCUT2D eigenvalue weighted by Gasteiger charge is 2.11. The summed E-state index contributed by atoms with van der Waals surface area (Å²) in [5.74, 6) is 1.46. The van der Waals surface area contributed by atoms with Crippen molar-refractivity contribution < 1.29 is 9.47 Å². The van der Waals surface area contributed by atoms with E-state index >= 15 is 0 Å². The number of benzene rings is 1. The zero-order chi connectivity index (χ0) is 12.0. The Labute approximate surface area is 111 Å². The van der Waals surface area contributed by atoms with Gasteiger partial charge in [0, 0.05) is 11.0 Å². The molecule has 16 heavy (non-hydrogen) atoms. The van der Waals surface area contributed by atoms with Gasteiger partial charge in [0.1, 0.15) is 5.75 Å². The molecule has 0 N–H and O–H groups in total. The van der Waals surface area contributed by atoms with E-state index in [1.807, 2.05) is 18.2 Å². The maximum Gasteiger partial charge on any atom is 0.119 e. The minimum absolute atomic E-state index is 0.165. The lowest BCUT2D eigenvalue weighted by molar-refractivity contribution is 0.0516. The molecule has 3 heteroatoms. The van der Waals surface area contributed by atoms with Crippen LogP contribution in [0.25, 0.3) is 0 Å². The Morgan fingerprint density at radius 2 is 2.06 bits per heavy atom. The summed E-state index contributed by atoms with van der Waals surface area (Å²) in [6.07, 6.45) is 0.165. The topological polar surface area (TPSA) is 18.5 Å². The number of ether oxygens (including phenoxy) is 2. The van der Waals surface area contributed by atoms with Gasteiger partial charge in [-0.3, -0.25) is 0 Å². The van der Waals surface area contributed by atoms with Gasteiger partial charge >= 0.3 is 0 Å². The third-order valence-electron chi connectivity index (χ3n) is 2.24. The van der Waals surface area contributed by atoms with E-state index in [0.29, 0.717) is 5.92 Å². The molecular weight excluding hydrogens is 315 g/mol. The van der Waals surface area contributed by atoms with Crippen molar-refractivity contribution in [2.45, 2.75) is 20.0 Å². The number of methoxy groups -OCH3 is 1. The quantitative estimate of drug-likeness (QED) is 0.581. The van der Waals surface area contributed by atoms with E-state index in [2.05, 4.69) is 42.5 Å². The molecule has 1 aromatic carbocycles. The molecule has 0 aliphatic carbocycles. The summed E-state index contributed by atoms with van der Waals surface area (Å²) in [5, 5.41) is 0. The van der Waals surface area contributed by atoms with Crippen molar-refractivity contribution >= 4 is 22.6 Å². The molecule has 1 aromatic rings. The third-order valence-corrected chi connectivity index (χ3v) is 3.04. The maximum absolute atomic E-state index is 5.88. The molecule has 0 aliphatic rings. The number of hydrogen-bond acceptors (Lipinski definition) is 2. The Hall–Kier alpha value is -0.290. The lowest BCUT2D eigenvalue weighted by Crippen LogP contribution is -2.10. The summed E-state index contributed by atoms with van der Waals surface area (Å²) in [6.45, 7) is 5.12. The second kappa shape index (κ2) is 7.12. The molecule has 2 nitrogen and oxygen atoms in total. The Kier molecular flexibility index (Phi) is 6.13. The van der Waals surface area contributed by atoms with Gasteiger partial charge in [-0.1, -0.05) is 48.6 Å². The van der Waals surface area contributed by atoms with Crippen LogP contribution < -0.4 is 4.74 Å². The first-order valence-electron chi connectivity index (χ1n) is 5.49. The first-order chi connectivity index (χ1) is 7.67. The molecule has 0 bridgehead atoms. The fraction of sp³-hybridized carbons (Fsp3) is 0.538. The van der Waals surface area contributed by atoms with Gasteiger partial charge in [-0.25, -0.2) is 0 Å². The van der Waals surface area contributed by atoms with Gasteiger partial charge in [-0.15, -0.1) is 0 Å². The predicted octanol–water partition coefficient (Wildman–Crippen LogP) is 3.84. The highest BCUT2D eigenvalue weighted by Crippen LogP contribution is 2.24. The third kappa shape index (κ3) is 4.29. The zero-order valence-corrected chi connectivity index (χ0v) is 12.2. The fourth-order valence-electron chi connectivity index (χ4n) is 1.38. The lowest BCUT2D eigenvalue weighted by Gasteiger charge is -2.17. The van der Waals surface area contributed by atoms with Crippen LogP contribution in [0.15, 0.2) is 24.3 Å². The van der Waals surface area contributed by atoms with E-state index < -0.39 is 0 Å². The molecule has 0 spiro atoms. The zero-order valence-electron chi connectivity index (χ0n) is 10.1. The van der Waals surface area contributed by atoms with E-state index in [9.17, 15) is 0 Å². The van der Waals surface area contributed by atoms with Gasteiger partial charge in [0.25, 0.3) is 0 Å². The van der Waals surface area contributed by atoms with Crippen molar-refractivity contribution in [3.05, 3.63) is 29.8 Å². The highest BCUT2D eigenvalue weighted by molar-refractivity contribution is 14.1. The Morgan fingerprint density at radius 3 is 2.62 bits per heavy atom. The summed E-state index contributed by atoms with van der Waals surface area (Å²) in [5.41, 5.74) is 1.19. The summed E-state index contributed by atoms with van der Waals surface area (Å²) in [4.78, 5) is 0. The van der Waals surface area contributed by atoms with Gasteiger partial charge in [0.2, 0.25) is 0 Å². The summed E-state index contributed by atoms with van der Waals surface area (Å²) >= 11 is 2.36. The molecule has 1 unspecified atom stereocenters. The van der Waals surface area contributed by atoms with Crippen LogP contribution in [0.3, 0.4) is 0 Å². The van der Waals surface area contributed by atoms with E-state index in [0.717, 1.165) is 16.8 Å². The Bertz CT molecular complexity index is 313. The molecule has 1 rings (SSSR count). The molecule has 1 atom stereocenters. The van der Waals surface area contributed by atoms with Gasteiger partial charge < -0.3 is 9.47 Å². The first-order valence-corrected chi connectivity index (χ1v) is 7.01. The van der Waals surface area contributed by atoms with Crippen molar-refractivity contribution in [3.63, 3.8) is 0 Å². The number of rotatable bonds is 6. The first kappa shape index (κ1) is 13.8. The molecular formula is C13H19IO2.